The van der Waals surface area contributed by atoms with Crippen LogP contribution in [-0.2, 0) is 40.9 Å². The number of halogens is 7. The fraction of sp³-hybridized carbons (Fsp3) is 0.367. The molecule has 4 aromatic heterocycles. The number of nitrogens with zero attached hydrogens (tertiary/aromatic N) is 7. The molecule has 0 radical (unpaired) electrons. The Balaban J connectivity index is 0.000000210. The van der Waals surface area contributed by atoms with E-state index in [4.69, 9.17) is 14.5 Å². The number of anilines is 4. The zero-order valence-electron chi connectivity index (χ0n) is 47.7. The number of ether oxygens (including phenoxy) is 2. The van der Waals surface area contributed by atoms with Crippen molar-refractivity contribution in [2.45, 2.75) is 39.0 Å². The van der Waals surface area contributed by atoms with E-state index >= 15 is 0 Å². The van der Waals surface area contributed by atoms with Gasteiger partial charge in [-0.25, -0.2) is 31.1 Å². The lowest BCUT2D eigenvalue weighted by Gasteiger charge is -2.29. The average Bonchev–Trinajstić information content (AvgIpc) is 3.78. The van der Waals surface area contributed by atoms with E-state index in [0.717, 1.165) is 102 Å². The van der Waals surface area contributed by atoms with Gasteiger partial charge in [-0.1, -0.05) is 24.0 Å². The molecular formula is C60H61ClF6N10O8S2. The van der Waals surface area contributed by atoms with Crippen molar-refractivity contribution < 1.29 is 62.2 Å². The quantitative estimate of drug-likeness (QED) is 0.0699. The summed E-state index contributed by atoms with van der Waals surface area (Å²) in [7, 11) is -1.96. The van der Waals surface area contributed by atoms with Crippen LogP contribution in [0.2, 0.25) is 0 Å². The summed E-state index contributed by atoms with van der Waals surface area (Å²) in [6.07, 6.45) is -0.108. The number of morpholine rings is 2. The third kappa shape index (κ3) is 18.7. The minimum Gasteiger partial charge on any atom is -0.378 e. The standard InChI is InChI=1S/C30H30F3N5O4S.C29H28F3N5O2.CH3ClO2S/c1-20-3-5-24(36-29(39)22-7-9-34-28(16-22)30(31,32)33)17-25(20)23-15-27(37-11-13-42-14-12-37)26(35-18-23)6-4-21-8-10-38(19-21)43(2,40)41;1-19-2-4-23(36-28(38)21-7-9-34-27(15-21)29(30,31)32)16-24(19)22-14-26(37-10-12-39-13-11-37)25(35-18-22)5-3-20-6-8-33-17-20;1-5(2,3)4/h3,5,7,9,15-18,21H,8,10-14,19H2,1-2H3,(H,36,39);2,4,7,9,14-16,18,20,33H,6,8,10-13,17H2,1H3,(H,36,38);1H3. The molecule has 2 atom stereocenters. The first-order valence-electron chi connectivity index (χ1n) is 27.3. The molecule has 87 heavy (non-hydrogen) atoms. The second-order valence-electron chi connectivity index (χ2n) is 20.7. The van der Waals surface area contributed by atoms with Crippen LogP contribution >= 0.6 is 10.7 Å². The Bertz CT molecular complexity index is 3850. The van der Waals surface area contributed by atoms with Gasteiger partial charge >= 0.3 is 12.4 Å². The maximum Gasteiger partial charge on any atom is 0.433 e. The van der Waals surface area contributed by atoms with Crippen LogP contribution in [0.5, 0.6) is 0 Å². The molecule has 8 heterocycles. The predicted octanol–water partition coefficient (Wildman–Crippen LogP) is 8.90. The van der Waals surface area contributed by atoms with Crippen molar-refractivity contribution in [2.75, 3.05) is 112 Å². The summed E-state index contributed by atoms with van der Waals surface area (Å²) in [5.74, 6) is 11.9. The van der Waals surface area contributed by atoms with Gasteiger partial charge in [-0.05, 0) is 128 Å². The summed E-state index contributed by atoms with van der Waals surface area (Å²) in [5.41, 5.74) is 6.46. The highest BCUT2D eigenvalue weighted by molar-refractivity contribution is 8.13. The fourth-order valence-electron chi connectivity index (χ4n) is 9.63. The highest BCUT2D eigenvalue weighted by Gasteiger charge is 2.34. The van der Waals surface area contributed by atoms with Crippen LogP contribution in [0.3, 0.4) is 0 Å². The molecule has 2 aromatic carbocycles. The number of aryl methyl sites for hydroxylation is 2. The van der Waals surface area contributed by atoms with Gasteiger partial charge in [0.15, 0.2) is 0 Å². The molecule has 4 aliphatic heterocycles. The SMILES string of the molecule is CS(=O)(=O)Cl.Cc1ccc(NC(=O)c2ccnc(C(F)(F)F)c2)cc1-c1cnc(C#CC2CCN(S(C)(=O)=O)C2)c(N2CCOCC2)c1.Cc1ccc(NC(=O)c2ccnc(C(F)(F)F)c2)cc1-c1cnc(C#CC2CCNC2)c(N2CCOCC2)c1. The number of amides is 2. The monoisotopic (exact) mass is 1260 g/mol. The molecule has 460 valence electrons. The van der Waals surface area contributed by atoms with Gasteiger partial charge in [-0.3, -0.25) is 19.6 Å². The van der Waals surface area contributed by atoms with Crippen LogP contribution in [0.25, 0.3) is 22.3 Å². The number of aromatic nitrogens is 4. The number of nitrogens with one attached hydrogen (secondary N) is 3. The zero-order valence-corrected chi connectivity index (χ0v) is 50.0. The Morgan fingerprint density at radius 1 is 0.621 bits per heavy atom. The highest BCUT2D eigenvalue weighted by Crippen LogP contribution is 2.35. The lowest BCUT2D eigenvalue weighted by molar-refractivity contribution is -0.142. The maximum atomic E-state index is 13.1. The first kappa shape index (κ1) is 65.3. The molecule has 27 heteroatoms. The van der Waals surface area contributed by atoms with Gasteiger partial charge in [-0.15, -0.1) is 0 Å². The van der Waals surface area contributed by atoms with Gasteiger partial charge < -0.3 is 35.2 Å². The molecule has 4 fully saturated rings. The Labute approximate surface area is 504 Å². The first-order valence-corrected chi connectivity index (χ1v) is 31.9. The summed E-state index contributed by atoms with van der Waals surface area (Å²) in [5, 5.41) is 8.71. The van der Waals surface area contributed by atoms with Gasteiger partial charge in [0, 0.05) is 127 Å². The van der Waals surface area contributed by atoms with Gasteiger partial charge in [0.25, 0.3) is 11.8 Å². The van der Waals surface area contributed by atoms with E-state index in [-0.39, 0.29) is 17.0 Å². The molecule has 3 N–H and O–H groups in total. The molecule has 6 aromatic rings. The summed E-state index contributed by atoms with van der Waals surface area (Å²) in [4.78, 5) is 46.0. The van der Waals surface area contributed by atoms with Crippen molar-refractivity contribution >= 4 is 64.3 Å². The lowest BCUT2D eigenvalue weighted by atomic mass is 10.00. The van der Waals surface area contributed by atoms with E-state index in [2.05, 4.69) is 81.1 Å². The Kier molecular flexibility index (Phi) is 21.3. The Morgan fingerprint density at radius 2 is 1.06 bits per heavy atom. The number of hydrogen-bond donors (Lipinski definition) is 3. The van der Waals surface area contributed by atoms with Crippen LogP contribution in [0, 0.1) is 49.4 Å². The lowest BCUT2D eigenvalue weighted by Crippen LogP contribution is -2.36. The van der Waals surface area contributed by atoms with Crippen molar-refractivity contribution in [2.24, 2.45) is 11.8 Å². The van der Waals surface area contributed by atoms with Crippen LogP contribution in [0.4, 0.5) is 49.1 Å². The normalized spacial score (nSPS) is 17.3. The number of carbonyl (C=O) groups excluding carboxylic acids is 2. The smallest absolute Gasteiger partial charge is 0.378 e. The van der Waals surface area contributed by atoms with Crippen LogP contribution in [0.1, 0.15) is 67.5 Å². The number of sulfonamides is 1. The molecule has 2 amide bonds. The largest absolute Gasteiger partial charge is 0.433 e. The van der Waals surface area contributed by atoms with Gasteiger partial charge in [0.2, 0.25) is 19.1 Å². The third-order valence-electron chi connectivity index (χ3n) is 14.1. The first-order chi connectivity index (χ1) is 41.2. The van der Waals surface area contributed by atoms with E-state index in [1.807, 2.05) is 32.0 Å². The van der Waals surface area contributed by atoms with Gasteiger partial charge in [0.05, 0.1) is 50.3 Å². The number of benzene rings is 2. The number of carbonyl (C=O) groups is 2. The van der Waals surface area contributed by atoms with E-state index < -0.39 is 54.6 Å². The van der Waals surface area contributed by atoms with E-state index in [9.17, 15) is 52.8 Å². The minimum absolute atomic E-state index is 0.0936. The number of pyridine rings is 4. The van der Waals surface area contributed by atoms with Crippen molar-refractivity contribution in [3.63, 3.8) is 0 Å². The van der Waals surface area contributed by atoms with Crippen LogP contribution in [-0.4, -0.2) is 144 Å². The molecule has 0 saturated carbocycles. The molecule has 0 spiro atoms. The van der Waals surface area contributed by atoms with Crippen molar-refractivity contribution in [3.05, 3.63) is 143 Å². The molecular weight excluding hydrogens is 1200 g/mol. The summed E-state index contributed by atoms with van der Waals surface area (Å²) in [6.45, 7) is 11.6. The molecule has 4 saturated heterocycles. The second kappa shape index (κ2) is 28.4. The van der Waals surface area contributed by atoms with Crippen LogP contribution in [0.15, 0.2) is 97.6 Å². The second-order valence-corrected chi connectivity index (χ2v) is 25.7. The molecule has 2 unspecified atom stereocenters. The topological polar surface area (TPSA) is 218 Å². The van der Waals surface area contributed by atoms with E-state index in [1.54, 1.807) is 36.7 Å². The Morgan fingerprint density at radius 3 is 1.45 bits per heavy atom. The number of rotatable bonds is 9. The van der Waals surface area contributed by atoms with Gasteiger partial charge in [-0.2, -0.15) is 26.3 Å². The average molecular weight is 1260 g/mol. The summed E-state index contributed by atoms with van der Waals surface area (Å²) in [6, 6.07) is 18.6. The molecule has 10 rings (SSSR count). The van der Waals surface area contributed by atoms with Gasteiger partial charge in [0.1, 0.15) is 22.8 Å². The summed E-state index contributed by atoms with van der Waals surface area (Å²) >= 11 is 0. The molecule has 0 bridgehead atoms. The van der Waals surface area contributed by atoms with E-state index in [0.29, 0.717) is 93.8 Å². The number of alkyl halides is 6. The minimum atomic E-state index is -4.66. The van der Waals surface area contributed by atoms with Crippen LogP contribution < -0.4 is 25.8 Å². The van der Waals surface area contributed by atoms with Crippen molar-refractivity contribution in [3.8, 4) is 45.9 Å². The van der Waals surface area contributed by atoms with Crippen molar-refractivity contribution in [1.29, 1.82) is 0 Å². The zero-order chi connectivity index (χ0) is 62.7. The maximum absolute atomic E-state index is 13.1. The third-order valence-corrected chi connectivity index (χ3v) is 15.4. The molecule has 0 aliphatic carbocycles. The number of hydrogen-bond acceptors (Lipinski definition) is 15. The fourth-order valence-corrected chi connectivity index (χ4v) is 10.5. The highest BCUT2D eigenvalue weighted by atomic mass is 35.7. The Hall–Kier alpha value is -7.69. The summed E-state index contributed by atoms with van der Waals surface area (Å²) < 4.78 is 133. The molecule has 4 aliphatic rings. The molecule has 18 nitrogen and oxygen atoms in total. The predicted molar refractivity (Wildman–Crippen MR) is 319 cm³/mol. The van der Waals surface area contributed by atoms with Crippen molar-refractivity contribution in [1.82, 2.24) is 29.6 Å². The van der Waals surface area contributed by atoms with E-state index in [1.165, 1.54) is 22.7 Å².